The highest BCUT2D eigenvalue weighted by Gasteiger charge is 2.46. The molecular weight excluding hydrogens is 691 g/mol. The summed E-state index contributed by atoms with van der Waals surface area (Å²) in [5, 5.41) is 0. The third-order valence-corrected chi connectivity index (χ3v) is 11.2. The Morgan fingerprint density at radius 3 is 1.35 bits per heavy atom. The molecule has 1 aromatic heterocycles. The highest BCUT2D eigenvalue weighted by Crippen LogP contribution is 2.57. The Morgan fingerprint density at radius 2 is 0.807 bits per heavy atom. The first kappa shape index (κ1) is 33.9. The molecule has 1 heterocycles. The standard InChI is InChI=1S/C54H35N3/c1-55-46-31-33-49-48(35-46)47-32-30-43(34-50(47)54(49,44-18-10-4-11-19-44)45-20-12-5-13-21-45)39-24-22-37(23-25-39)38-26-28-41(29-27-38)52-36-51(40-14-6-2-7-15-40)56-53(57-52)42-16-8-3-9-17-42/h2-36H. The van der Waals surface area contributed by atoms with Crippen LogP contribution in [0, 0.1) is 6.57 Å². The van der Waals surface area contributed by atoms with E-state index in [1.54, 1.807) is 0 Å². The van der Waals surface area contributed by atoms with Gasteiger partial charge in [0, 0.05) is 16.7 Å². The van der Waals surface area contributed by atoms with Crippen LogP contribution in [0.4, 0.5) is 5.69 Å². The molecule has 0 atom stereocenters. The number of nitrogens with zero attached hydrogens (tertiary/aromatic N) is 3. The third-order valence-electron chi connectivity index (χ3n) is 11.2. The molecule has 266 valence electrons. The van der Waals surface area contributed by atoms with E-state index in [4.69, 9.17) is 16.5 Å². The van der Waals surface area contributed by atoms with Crippen LogP contribution in [0.3, 0.4) is 0 Å². The molecular formula is C54H35N3. The van der Waals surface area contributed by atoms with Crippen molar-refractivity contribution in [3.8, 4) is 67.3 Å². The molecule has 0 bridgehead atoms. The molecule has 0 radical (unpaired) electrons. The summed E-state index contributed by atoms with van der Waals surface area (Å²) < 4.78 is 0. The molecule has 9 aromatic rings. The third kappa shape index (κ3) is 5.92. The fourth-order valence-corrected chi connectivity index (χ4v) is 8.49. The van der Waals surface area contributed by atoms with E-state index in [9.17, 15) is 0 Å². The summed E-state index contributed by atoms with van der Waals surface area (Å²) >= 11 is 0. The van der Waals surface area contributed by atoms with E-state index in [2.05, 4.69) is 175 Å². The molecule has 8 aromatic carbocycles. The molecule has 10 rings (SSSR count). The maximum absolute atomic E-state index is 7.79. The van der Waals surface area contributed by atoms with Gasteiger partial charge in [0.1, 0.15) is 0 Å². The highest BCUT2D eigenvalue weighted by molar-refractivity contribution is 5.90. The summed E-state index contributed by atoms with van der Waals surface area (Å²) in [6.07, 6.45) is 0. The van der Waals surface area contributed by atoms with Gasteiger partial charge in [-0.2, -0.15) is 0 Å². The molecule has 0 amide bonds. The Balaban J connectivity index is 1.01. The topological polar surface area (TPSA) is 30.1 Å². The van der Waals surface area contributed by atoms with Gasteiger partial charge in [0.25, 0.3) is 0 Å². The molecule has 1 aliphatic rings. The quantitative estimate of drug-likeness (QED) is 0.153. The SMILES string of the molecule is [C-]#[N+]c1ccc2c(c1)-c1ccc(-c3ccc(-c4ccc(-c5cc(-c6ccccc6)nc(-c6ccccc6)n5)cc4)cc3)cc1C2(c1ccccc1)c1ccccc1. The van der Waals surface area contributed by atoms with E-state index in [1.807, 2.05) is 42.5 Å². The van der Waals surface area contributed by atoms with Gasteiger partial charge in [0.15, 0.2) is 11.5 Å². The number of hydrogen-bond acceptors (Lipinski definition) is 2. The van der Waals surface area contributed by atoms with Gasteiger partial charge in [0.05, 0.1) is 23.4 Å². The molecule has 0 spiro atoms. The molecule has 3 heteroatoms. The van der Waals surface area contributed by atoms with E-state index < -0.39 is 5.41 Å². The van der Waals surface area contributed by atoms with Crippen LogP contribution in [0.25, 0.3) is 72.1 Å². The van der Waals surface area contributed by atoms with E-state index in [1.165, 1.54) is 27.8 Å². The lowest BCUT2D eigenvalue weighted by Crippen LogP contribution is -2.28. The number of aromatic nitrogens is 2. The Kier molecular flexibility index (Phi) is 8.43. The van der Waals surface area contributed by atoms with Crippen LogP contribution in [0.5, 0.6) is 0 Å². The van der Waals surface area contributed by atoms with E-state index in [0.29, 0.717) is 11.5 Å². The molecule has 3 nitrogen and oxygen atoms in total. The zero-order valence-electron chi connectivity index (χ0n) is 31.0. The summed E-state index contributed by atoms with van der Waals surface area (Å²) in [6, 6.07) is 74.6. The molecule has 0 saturated carbocycles. The average molecular weight is 726 g/mol. The van der Waals surface area contributed by atoms with Crippen molar-refractivity contribution in [1.82, 2.24) is 9.97 Å². The van der Waals surface area contributed by atoms with Gasteiger partial charge in [-0.1, -0.05) is 194 Å². The Bertz CT molecular complexity index is 2820. The van der Waals surface area contributed by atoms with Crippen molar-refractivity contribution in [2.24, 2.45) is 0 Å². The van der Waals surface area contributed by atoms with Crippen LogP contribution in [0.2, 0.25) is 0 Å². The molecule has 0 N–H and O–H groups in total. The predicted octanol–water partition coefficient (Wildman–Crippen LogP) is 13.7. The van der Waals surface area contributed by atoms with E-state index in [0.717, 1.165) is 55.9 Å². The van der Waals surface area contributed by atoms with Crippen LogP contribution in [-0.4, -0.2) is 9.97 Å². The maximum atomic E-state index is 7.79. The van der Waals surface area contributed by atoms with E-state index in [-0.39, 0.29) is 0 Å². The van der Waals surface area contributed by atoms with Crippen molar-refractivity contribution >= 4 is 5.69 Å². The Labute approximate surface area is 333 Å². The van der Waals surface area contributed by atoms with Crippen LogP contribution < -0.4 is 0 Å². The number of rotatable bonds is 7. The molecule has 0 unspecified atom stereocenters. The monoisotopic (exact) mass is 725 g/mol. The fraction of sp³-hybridized carbons (Fsp3) is 0.0185. The van der Waals surface area contributed by atoms with Crippen molar-refractivity contribution in [2.45, 2.75) is 5.41 Å². The minimum absolute atomic E-state index is 0.529. The fourth-order valence-electron chi connectivity index (χ4n) is 8.49. The van der Waals surface area contributed by atoms with Gasteiger partial charge in [-0.25, -0.2) is 14.8 Å². The van der Waals surface area contributed by atoms with E-state index >= 15 is 0 Å². The average Bonchev–Trinajstić information content (AvgIpc) is 3.60. The first-order chi connectivity index (χ1) is 28.2. The zero-order valence-corrected chi connectivity index (χ0v) is 31.0. The smallest absolute Gasteiger partial charge is 0.187 e. The van der Waals surface area contributed by atoms with Crippen LogP contribution in [-0.2, 0) is 5.41 Å². The van der Waals surface area contributed by atoms with Gasteiger partial charge >= 0.3 is 0 Å². The predicted molar refractivity (Wildman–Crippen MR) is 233 cm³/mol. The summed E-state index contributed by atoms with van der Waals surface area (Å²) in [6.45, 7) is 7.79. The molecule has 0 aliphatic heterocycles. The molecule has 0 saturated heterocycles. The summed E-state index contributed by atoms with van der Waals surface area (Å²) in [4.78, 5) is 13.8. The van der Waals surface area contributed by atoms with Crippen molar-refractivity contribution in [3.05, 3.63) is 246 Å². The normalized spacial score (nSPS) is 12.3. The van der Waals surface area contributed by atoms with Crippen molar-refractivity contribution in [2.75, 3.05) is 0 Å². The second-order valence-corrected chi connectivity index (χ2v) is 14.4. The Hall–Kier alpha value is -7.67. The first-order valence-corrected chi connectivity index (χ1v) is 19.2. The van der Waals surface area contributed by atoms with Crippen molar-refractivity contribution in [3.63, 3.8) is 0 Å². The number of fused-ring (bicyclic) bond motifs is 3. The lowest BCUT2D eigenvalue weighted by atomic mass is 9.67. The van der Waals surface area contributed by atoms with Crippen molar-refractivity contribution < 1.29 is 0 Å². The maximum Gasteiger partial charge on any atom is 0.187 e. The molecule has 1 aliphatic carbocycles. The van der Waals surface area contributed by atoms with Gasteiger partial charge in [-0.05, 0) is 73.8 Å². The Morgan fingerprint density at radius 1 is 0.351 bits per heavy atom. The zero-order chi connectivity index (χ0) is 38.2. The second kappa shape index (κ2) is 14.2. The first-order valence-electron chi connectivity index (χ1n) is 19.2. The summed E-state index contributed by atoms with van der Waals surface area (Å²) in [5.41, 5.74) is 16.7. The van der Waals surface area contributed by atoms with Gasteiger partial charge in [-0.15, -0.1) is 0 Å². The van der Waals surface area contributed by atoms with Gasteiger partial charge in [-0.3, -0.25) is 0 Å². The minimum atomic E-state index is -0.529. The van der Waals surface area contributed by atoms with Gasteiger partial charge in [0.2, 0.25) is 0 Å². The van der Waals surface area contributed by atoms with Crippen LogP contribution >= 0.6 is 0 Å². The molecule has 0 fully saturated rings. The lowest BCUT2D eigenvalue weighted by Gasteiger charge is -2.34. The largest absolute Gasteiger partial charge is 0.238 e. The van der Waals surface area contributed by atoms with Gasteiger partial charge < -0.3 is 0 Å². The summed E-state index contributed by atoms with van der Waals surface area (Å²) in [5.74, 6) is 0.708. The number of benzene rings is 8. The highest BCUT2D eigenvalue weighted by atomic mass is 14.9. The number of hydrogen-bond donors (Lipinski definition) is 0. The molecule has 57 heavy (non-hydrogen) atoms. The lowest BCUT2D eigenvalue weighted by molar-refractivity contribution is 0.769. The second-order valence-electron chi connectivity index (χ2n) is 14.4. The summed E-state index contributed by atoms with van der Waals surface area (Å²) in [7, 11) is 0. The van der Waals surface area contributed by atoms with Crippen molar-refractivity contribution in [1.29, 1.82) is 0 Å². The van der Waals surface area contributed by atoms with Crippen LogP contribution in [0.1, 0.15) is 22.3 Å². The minimum Gasteiger partial charge on any atom is -0.238 e. The van der Waals surface area contributed by atoms with Crippen LogP contribution in [0.15, 0.2) is 212 Å².